The molecule has 3 rings (SSSR count). The first-order valence-electron chi connectivity index (χ1n) is 11.5. The summed E-state index contributed by atoms with van der Waals surface area (Å²) in [6.07, 6.45) is 4.13. The van der Waals surface area contributed by atoms with Crippen molar-refractivity contribution in [1.82, 2.24) is 0 Å². The molecule has 0 aliphatic rings. The van der Waals surface area contributed by atoms with Crippen molar-refractivity contribution in [2.75, 3.05) is 26.4 Å². The molecule has 0 radical (unpaired) electrons. The molecule has 2 N–H and O–H groups in total. The number of rotatable bonds is 12. The first-order chi connectivity index (χ1) is 15.0. The second-order valence-electron chi connectivity index (χ2n) is 8.76. The number of ether oxygens (including phenoxy) is 2. The summed E-state index contributed by atoms with van der Waals surface area (Å²) in [7, 11) is 0. The lowest BCUT2D eigenvalue weighted by atomic mass is 9.81. The lowest BCUT2D eigenvalue weighted by Gasteiger charge is -2.25. The van der Waals surface area contributed by atoms with Gasteiger partial charge in [0.2, 0.25) is 0 Å². The van der Waals surface area contributed by atoms with Gasteiger partial charge in [0.05, 0.1) is 13.2 Å². The van der Waals surface area contributed by atoms with E-state index in [0.717, 1.165) is 65.1 Å². The third-order valence-electron chi connectivity index (χ3n) is 6.19. The summed E-state index contributed by atoms with van der Waals surface area (Å²) in [5.74, 6) is 1.77. The van der Waals surface area contributed by atoms with E-state index < -0.39 is 0 Å². The average Bonchev–Trinajstić information content (AvgIpc) is 2.79. The summed E-state index contributed by atoms with van der Waals surface area (Å²) >= 11 is 0. The molecule has 0 atom stereocenters. The molecule has 0 heterocycles. The summed E-state index contributed by atoms with van der Waals surface area (Å²) < 4.78 is 12.6. The number of hydrogen-bond donors (Lipinski definition) is 2. The maximum Gasteiger partial charge on any atom is 0.135 e. The fourth-order valence-electron chi connectivity index (χ4n) is 3.81. The smallest absolute Gasteiger partial charge is 0.135 e. The fourth-order valence-corrected chi connectivity index (χ4v) is 3.81. The Kier molecular flexibility index (Phi) is 8.16. The Morgan fingerprint density at radius 2 is 1.23 bits per heavy atom. The Morgan fingerprint density at radius 3 is 1.74 bits per heavy atom. The summed E-state index contributed by atoms with van der Waals surface area (Å²) in [5, 5.41) is 22.4. The van der Waals surface area contributed by atoms with E-state index in [1.54, 1.807) is 0 Å². The van der Waals surface area contributed by atoms with Crippen LogP contribution < -0.4 is 9.47 Å². The van der Waals surface area contributed by atoms with Crippen LogP contribution in [0.2, 0.25) is 0 Å². The molecule has 0 spiro atoms. The van der Waals surface area contributed by atoms with Gasteiger partial charge in [-0.2, -0.15) is 0 Å². The molecule has 0 amide bonds. The van der Waals surface area contributed by atoms with Crippen LogP contribution in [0.5, 0.6) is 11.5 Å². The largest absolute Gasteiger partial charge is 0.492 e. The molecule has 3 aromatic carbocycles. The molecule has 0 saturated heterocycles. The quantitative estimate of drug-likeness (QED) is 0.277. The van der Waals surface area contributed by atoms with E-state index in [0.29, 0.717) is 13.2 Å². The second-order valence-corrected chi connectivity index (χ2v) is 8.76. The molecule has 4 nitrogen and oxygen atoms in total. The van der Waals surface area contributed by atoms with Gasteiger partial charge < -0.3 is 19.7 Å². The molecule has 168 valence electrons. The zero-order valence-electron chi connectivity index (χ0n) is 19.1. The van der Waals surface area contributed by atoms with E-state index in [4.69, 9.17) is 19.7 Å². The number of unbranched alkanes of at least 4 members (excludes halogenated alkanes) is 2. The van der Waals surface area contributed by atoms with Gasteiger partial charge in [0.1, 0.15) is 11.5 Å². The van der Waals surface area contributed by atoms with E-state index in [-0.39, 0.29) is 18.6 Å². The van der Waals surface area contributed by atoms with Crippen molar-refractivity contribution < 1.29 is 19.7 Å². The average molecular weight is 425 g/mol. The summed E-state index contributed by atoms with van der Waals surface area (Å²) in [6.45, 7) is 8.25. The zero-order valence-corrected chi connectivity index (χ0v) is 19.1. The minimum atomic E-state index is 0.0656. The van der Waals surface area contributed by atoms with Crippen LogP contribution in [0.15, 0.2) is 42.5 Å². The van der Waals surface area contributed by atoms with Gasteiger partial charge in [0.15, 0.2) is 0 Å². The van der Waals surface area contributed by atoms with Crippen molar-refractivity contribution in [1.29, 1.82) is 0 Å². The molecule has 0 aromatic heterocycles. The summed E-state index contributed by atoms with van der Waals surface area (Å²) in [6, 6.07) is 14.9. The molecule has 0 aliphatic carbocycles. The van der Waals surface area contributed by atoms with Crippen LogP contribution in [0.3, 0.4) is 0 Å². The molecular weight excluding hydrogens is 388 g/mol. The minimum Gasteiger partial charge on any atom is -0.492 e. The number of aliphatic hydroxyl groups excluding tert-OH is 2. The van der Waals surface area contributed by atoms with Gasteiger partial charge in [0.25, 0.3) is 0 Å². The van der Waals surface area contributed by atoms with Crippen molar-refractivity contribution in [3.8, 4) is 11.5 Å². The number of aliphatic hydroxyl groups is 2. The highest BCUT2D eigenvalue weighted by molar-refractivity contribution is 6.11. The molecule has 0 saturated carbocycles. The first-order valence-corrected chi connectivity index (χ1v) is 11.5. The lowest BCUT2D eigenvalue weighted by Crippen LogP contribution is -2.15. The van der Waals surface area contributed by atoms with E-state index in [1.165, 1.54) is 5.56 Å². The molecule has 31 heavy (non-hydrogen) atoms. The van der Waals surface area contributed by atoms with E-state index in [1.807, 2.05) is 12.1 Å². The lowest BCUT2D eigenvalue weighted by molar-refractivity contribution is 0.254. The molecule has 0 fully saturated rings. The van der Waals surface area contributed by atoms with Crippen molar-refractivity contribution in [3.05, 3.63) is 48.0 Å². The summed E-state index contributed by atoms with van der Waals surface area (Å²) in [5.41, 5.74) is 1.35. The van der Waals surface area contributed by atoms with Gasteiger partial charge in [-0.3, -0.25) is 0 Å². The van der Waals surface area contributed by atoms with Crippen LogP contribution in [0.25, 0.3) is 21.5 Å². The van der Waals surface area contributed by atoms with E-state index in [2.05, 4.69) is 51.1 Å². The predicted molar refractivity (Wildman–Crippen MR) is 128 cm³/mol. The Hall–Kier alpha value is -2.30. The highest BCUT2D eigenvalue weighted by Gasteiger charge is 2.22. The number of hydrogen-bond acceptors (Lipinski definition) is 4. The second kappa shape index (κ2) is 10.8. The van der Waals surface area contributed by atoms with Crippen LogP contribution in [0, 0.1) is 0 Å². The Bertz CT molecular complexity index is 993. The summed E-state index contributed by atoms with van der Waals surface area (Å²) in [4.78, 5) is 0. The third-order valence-corrected chi connectivity index (χ3v) is 6.19. The van der Waals surface area contributed by atoms with Gasteiger partial charge in [-0.05, 0) is 49.1 Å². The van der Waals surface area contributed by atoms with Crippen molar-refractivity contribution in [2.45, 2.75) is 58.3 Å². The Balaban J connectivity index is 2.17. The highest BCUT2D eigenvalue weighted by atomic mass is 16.5. The van der Waals surface area contributed by atoms with Gasteiger partial charge in [-0.1, -0.05) is 57.2 Å². The molecule has 0 aliphatic heterocycles. The van der Waals surface area contributed by atoms with E-state index >= 15 is 0 Å². The van der Waals surface area contributed by atoms with Gasteiger partial charge in [-0.15, -0.1) is 0 Å². The number of benzene rings is 3. The Labute approximate surface area is 185 Å². The minimum absolute atomic E-state index is 0.0656. The standard InChI is InChI=1S/C27H36O4/c1-4-27(2,3)20-13-14-23-24(19-20)26(31-18-10-8-16-29)22-12-6-5-11-21(22)25(23)30-17-9-7-15-28/h5-6,11-14,19,28-29H,4,7-10,15-18H2,1-3H3. The molecule has 0 bridgehead atoms. The van der Waals surface area contributed by atoms with E-state index in [9.17, 15) is 0 Å². The maximum absolute atomic E-state index is 9.13. The SMILES string of the molecule is CCC(C)(C)c1ccc2c(OCCCCO)c3ccccc3c(OCCCCO)c2c1. The maximum atomic E-state index is 9.13. The molecular formula is C27H36O4. The monoisotopic (exact) mass is 424 g/mol. The van der Waals surface area contributed by atoms with Crippen LogP contribution >= 0.6 is 0 Å². The third kappa shape index (κ3) is 5.31. The van der Waals surface area contributed by atoms with Crippen LogP contribution in [-0.2, 0) is 5.41 Å². The van der Waals surface area contributed by atoms with Crippen LogP contribution in [0.1, 0.15) is 58.4 Å². The van der Waals surface area contributed by atoms with Crippen molar-refractivity contribution >= 4 is 21.5 Å². The van der Waals surface area contributed by atoms with Crippen LogP contribution in [-0.4, -0.2) is 36.6 Å². The zero-order chi connectivity index (χ0) is 22.3. The van der Waals surface area contributed by atoms with Crippen molar-refractivity contribution in [3.63, 3.8) is 0 Å². The van der Waals surface area contributed by atoms with Gasteiger partial charge in [0, 0.05) is 34.8 Å². The normalized spacial score (nSPS) is 11.9. The first kappa shape index (κ1) is 23.4. The molecule has 4 heteroatoms. The van der Waals surface area contributed by atoms with Gasteiger partial charge in [-0.25, -0.2) is 0 Å². The molecule has 0 unspecified atom stereocenters. The highest BCUT2D eigenvalue weighted by Crippen LogP contribution is 2.44. The topological polar surface area (TPSA) is 58.9 Å². The number of fused-ring (bicyclic) bond motifs is 2. The Morgan fingerprint density at radius 1 is 0.710 bits per heavy atom. The van der Waals surface area contributed by atoms with Crippen molar-refractivity contribution in [2.24, 2.45) is 0 Å². The van der Waals surface area contributed by atoms with Crippen LogP contribution in [0.4, 0.5) is 0 Å². The molecule has 3 aromatic rings. The predicted octanol–water partition coefficient (Wildman–Crippen LogP) is 5.98. The van der Waals surface area contributed by atoms with Gasteiger partial charge >= 0.3 is 0 Å². The fraction of sp³-hybridized carbons (Fsp3) is 0.481.